The molecule has 0 amide bonds. The predicted octanol–water partition coefficient (Wildman–Crippen LogP) is 1.26. The summed E-state index contributed by atoms with van der Waals surface area (Å²) in [5, 5.41) is 0. The fraction of sp³-hybridized carbons (Fsp3) is 1.00. The van der Waals surface area contributed by atoms with Crippen LogP contribution >= 0.6 is 0 Å². The lowest BCUT2D eigenvalue weighted by atomic mass is 10.1. The van der Waals surface area contributed by atoms with Crippen LogP contribution in [0.25, 0.3) is 0 Å². The maximum Gasteiger partial charge on any atom is 0.0645 e. The SMILES string of the molecule is CC(C)N(C1CC1)C1COC1. The summed E-state index contributed by atoms with van der Waals surface area (Å²) in [6, 6.07) is 2.34. The van der Waals surface area contributed by atoms with Gasteiger partial charge in [-0.2, -0.15) is 0 Å². The van der Waals surface area contributed by atoms with Crippen molar-refractivity contribution >= 4 is 0 Å². The molecule has 1 aliphatic carbocycles. The van der Waals surface area contributed by atoms with Gasteiger partial charge in [0.2, 0.25) is 0 Å². The van der Waals surface area contributed by atoms with Crippen LogP contribution in [-0.2, 0) is 4.74 Å². The van der Waals surface area contributed by atoms with Crippen LogP contribution in [0.3, 0.4) is 0 Å². The van der Waals surface area contributed by atoms with Crippen molar-refractivity contribution in [2.45, 2.75) is 44.8 Å². The average Bonchev–Trinajstić information content (AvgIpc) is 2.58. The topological polar surface area (TPSA) is 12.5 Å². The minimum Gasteiger partial charge on any atom is -0.378 e. The Hall–Kier alpha value is -0.0800. The summed E-state index contributed by atoms with van der Waals surface area (Å²) in [6.45, 7) is 6.51. The zero-order valence-electron chi connectivity index (χ0n) is 7.42. The quantitative estimate of drug-likeness (QED) is 0.608. The molecular weight excluding hydrogens is 138 g/mol. The highest BCUT2D eigenvalue weighted by molar-refractivity contribution is 4.92. The van der Waals surface area contributed by atoms with Crippen molar-refractivity contribution in [3.8, 4) is 0 Å². The lowest BCUT2D eigenvalue weighted by Gasteiger charge is -2.40. The van der Waals surface area contributed by atoms with Gasteiger partial charge in [-0.25, -0.2) is 0 Å². The van der Waals surface area contributed by atoms with Gasteiger partial charge in [-0.3, -0.25) is 4.90 Å². The largest absolute Gasteiger partial charge is 0.378 e. The van der Waals surface area contributed by atoms with Crippen LogP contribution in [0.15, 0.2) is 0 Å². The smallest absolute Gasteiger partial charge is 0.0645 e. The summed E-state index contributed by atoms with van der Waals surface area (Å²) >= 11 is 0. The van der Waals surface area contributed by atoms with E-state index in [2.05, 4.69) is 18.7 Å². The molecule has 0 aromatic rings. The summed E-state index contributed by atoms with van der Waals surface area (Å²) in [5.41, 5.74) is 0. The molecule has 2 rings (SSSR count). The van der Waals surface area contributed by atoms with Gasteiger partial charge in [0, 0.05) is 12.1 Å². The van der Waals surface area contributed by atoms with E-state index in [9.17, 15) is 0 Å². The van der Waals surface area contributed by atoms with Gasteiger partial charge in [0.1, 0.15) is 0 Å². The number of rotatable bonds is 3. The Kier molecular flexibility index (Phi) is 1.90. The molecule has 0 aromatic carbocycles. The van der Waals surface area contributed by atoms with Crippen LogP contribution in [0.1, 0.15) is 26.7 Å². The third-order valence-electron chi connectivity index (χ3n) is 2.61. The third-order valence-corrected chi connectivity index (χ3v) is 2.61. The highest BCUT2D eigenvalue weighted by Gasteiger charge is 2.38. The molecule has 11 heavy (non-hydrogen) atoms. The Morgan fingerprint density at radius 1 is 1.18 bits per heavy atom. The summed E-state index contributed by atoms with van der Waals surface area (Å²) in [7, 11) is 0. The van der Waals surface area contributed by atoms with Gasteiger partial charge < -0.3 is 4.74 Å². The molecule has 1 aliphatic heterocycles. The number of hydrogen-bond acceptors (Lipinski definition) is 2. The zero-order chi connectivity index (χ0) is 7.84. The number of nitrogens with zero attached hydrogens (tertiary/aromatic N) is 1. The van der Waals surface area contributed by atoms with E-state index < -0.39 is 0 Å². The molecule has 0 aromatic heterocycles. The van der Waals surface area contributed by atoms with Gasteiger partial charge in [-0.15, -0.1) is 0 Å². The normalized spacial score (nSPS) is 26.2. The molecule has 0 radical (unpaired) electrons. The second kappa shape index (κ2) is 2.76. The van der Waals surface area contributed by atoms with E-state index in [1.54, 1.807) is 0 Å². The van der Waals surface area contributed by atoms with Crippen molar-refractivity contribution in [2.75, 3.05) is 13.2 Å². The Labute approximate surface area is 68.5 Å². The van der Waals surface area contributed by atoms with Gasteiger partial charge in [-0.1, -0.05) is 0 Å². The zero-order valence-corrected chi connectivity index (χ0v) is 7.42. The molecule has 0 spiro atoms. The van der Waals surface area contributed by atoms with Crippen LogP contribution < -0.4 is 0 Å². The minimum atomic E-state index is 0.705. The Morgan fingerprint density at radius 3 is 2.09 bits per heavy atom. The van der Waals surface area contributed by atoms with Gasteiger partial charge >= 0.3 is 0 Å². The second-order valence-corrected chi connectivity index (χ2v) is 3.96. The van der Waals surface area contributed by atoms with E-state index in [1.807, 2.05) is 0 Å². The predicted molar refractivity (Wildman–Crippen MR) is 44.6 cm³/mol. The Bertz CT molecular complexity index is 136. The molecule has 2 fully saturated rings. The molecule has 1 saturated carbocycles. The maximum atomic E-state index is 5.20. The molecule has 0 unspecified atom stereocenters. The van der Waals surface area contributed by atoms with Crippen molar-refractivity contribution in [3.63, 3.8) is 0 Å². The van der Waals surface area contributed by atoms with Gasteiger partial charge in [0.25, 0.3) is 0 Å². The number of hydrogen-bond donors (Lipinski definition) is 0. The summed E-state index contributed by atoms with van der Waals surface area (Å²) in [6.07, 6.45) is 2.82. The first-order valence-electron chi connectivity index (χ1n) is 4.64. The Balaban J connectivity index is 1.91. The van der Waals surface area contributed by atoms with Gasteiger partial charge in [-0.05, 0) is 26.7 Å². The molecule has 2 heteroatoms. The van der Waals surface area contributed by atoms with Gasteiger partial charge in [0.05, 0.1) is 19.3 Å². The molecular formula is C9H17NO. The van der Waals surface area contributed by atoms with E-state index in [0.29, 0.717) is 6.04 Å². The fourth-order valence-electron chi connectivity index (χ4n) is 1.91. The summed E-state index contributed by atoms with van der Waals surface area (Å²) < 4.78 is 5.20. The van der Waals surface area contributed by atoms with Crippen molar-refractivity contribution in [2.24, 2.45) is 0 Å². The molecule has 0 bridgehead atoms. The first kappa shape index (κ1) is 7.56. The molecule has 64 valence electrons. The van der Waals surface area contributed by atoms with Crippen LogP contribution in [-0.4, -0.2) is 36.2 Å². The molecule has 2 aliphatic rings. The molecule has 0 N–H and O–H groups in total. The molecule has 1 heterocycles. The number of ether oxygens (including phenoxy) is 1. The monoisotopic (exact) mass is 155 g/mol. The molecule has 1 saturated heterocycles. The van der Waals surface area contributed by atoms with Crippen LogP contribution in [0, 0.1) is 0 Å². The summed E-state index contributed by atoms with van der Waals surface area (Å²) in [5.74, 6) is 0. The van der Waals surface area contributed by atoms with E-state index in [0.717, 1.165) is 25.3 Å². The average molecular weight is 155 g/mol. The van der Waals surface area contributed by atoms with E-state index in [4.69, 9.17) is 4.74 Å². The third kappa shape index (κ3) is 1.42. The van der Waals surface area contributed by atoms with Crippen LogP contribution in [0.5, 0.6) is 0 Å². The first-order valence-corrected chi connectivity index (χ1v) is 4.64. The molecule has 0 atom stereocenters. The first-order chi connectivity index (χ1) is 5.29. The summed E-state index contributed by atoms with van der Waals surface area (Å²) in [4.78, 5) is 2.63. The molecule has 2 nitrogen and oxygen atoms in total. The van der Waals surface area contributed by atoms with E-state index in [1.165, 1.54) is 12.8 Å². The fourth-order valence-corrected chi connectivity index (χ4v) is 1.91. The van der Waals surface area contributed by atoms with E-state index >= 15 is 0 Å². The van der Waals surface area contributed by atoms with Crippen molar-refractivity contribution in [1.82, 2.24) is 4.90 Å². The lowest BCUT2D eigenvalue weighted by Crippen LogP contribution is -2.52. The van der Waals surface area contributed by atoms with Crippen molar-refractivity contribution in [3.05, 3.63) is 0 Å². The van der Waals surface area contributed by atoms with Crippen molar-refractivity contribution < 1.29 is 4.74 Å². The highest BCUT2D eigenvalue weighted by atomic mass is 16.5. The van der Waals surface area contributed by atoms with Crippen molar-refractivity contribution in [1.29, 1.82) is 0 Å². The maximum absolute atomic E-state index is 5.20. The van der Waals surface area contributed by atoms with Crippen LogP contribution in [0.2, 0.25) is 0 Å². The highest BCUT2D eigenvalue weighted by Crippen LogP contribution is 2.32. The minimum absolute atomic E-state index is 0.705. The Morgan fingerprint density at radius 2 is 1.82 bits per heavy atom. The van der Waals surface area contributed by atoms with E-state index in [-0.39, 0.29) is 0 Å². The standard InChI is InChI=1S/C9H17NO/c1-7(2)10(8-3-4-8)9-5-11-6-9/h7-9H,3-6H2,1-2H3. The van der Waals surface area contributed by atoms with Crippen LogP contribution in [0.4, 0.5) is 0 Å². The lowest BCUT2D eigenvalue weighted by molar-refractivity contribution is -0.0784. The second-order valence-electron chi connectivity index (χ2n) is 3.96. The van der Waals surface area contributed by atoms with Gasteiger partial charge in [0.15, 0.2) is 0 Å².